The van der Waals surface area contributed by atoms with Crippen molar-refractivity contribution >= 4 is 11.9 Å². The second-order valence-electron chi connectivity index (χ2n) is 16.8. The molecule has 4 aliphatic rings. The Morgan fingerprint density at radius 3 is 2.09 bits per heavy atom. The smallest absolute Gasteiger partial charge is 0.306 e. The zero-order valence-corrected chi connectivity index (χ0v) is 29.7. The van der Waals surface area contributed by atoms with E-state index in [1.165, 1.54) is 64.2 Å². The molecular weight excluding hydrogens is 556 g/mol. The Morgan fingerprint density at radius 2 is 1.40 bits per heavy atom. The molecule has 4 heteroatoms. The fourth-order valence-electron chi connectivity index (χ4n) is 11.0. The van der Waals surface area contributed by atoms with Crippen LogP contribution in [-0.4, -0.2) is 23.1 Å². The number of hydrogen-bond acceptors (Lipinski definition) is 3. The topological polar surface area (TPSA) is 63.6 Å². The summed E-state index contributed by atoms with van der Waals surface area (Å²) in [5.41, 5.74) is 0.998. The average Bonchev–Trinajstić information content (AvgIpc) is 3.35. The Morgan fingerprint density at radius 1 is 0.756 bits per heavy atom. The number of carboxylic acids is 1. The van der Waals surface area contributed by atoms with Gasteiger partial charge in [-0.2, -0.15) is 0 Å². The van der Waals surface area contributed by atoms with E-state index in [4.69, 9.17) is 9.84 Å². The van der Waals surface area contributed by atoms with Crippen LogP contribution in [0.5, 0.6) is 0 Å². The summed E-state index contributed by atoms with van der Waals surface area (Å²) in [5.74, 6) is 5.36. The van der Waals surface area contributed by atoms with Crippen LogP contribution < -0.4 is 0 Å². The van der Waals surface area contributed by atoms with Crippen LogP contribution in [0.25, 0.3) is 0 Å². The minimum absolute atomic E-state index is 0.00271. The maximum atomic E-state index is 12.7. The lowest BCUT2D eigenvalue weighted by Gasteiger charge is -2.61. The van der Waals surface area contributed by atoms with Gasteiger partial charge in [-0.3, -0.25) is 9.59 Å². The summed E-state index contributed by atoms with van der Waals surface area (Å²) in [6, 6.07) is 0. The molecule has 0 aromatic rings. The normalized spacial score (nSPS) is 35.3. The molecule has 4 nitrogen and oxygen atoms in total. The number of aliphatic carboxylic acids is 1. The molecule has 45 heavy (non-hydrogen) atoms. The molecular formula is C41H68O4. The van der Waals surface area contributed by atoms with E-state index in [0.29, 0.717) is 23.7 Å². The summed E-state index contributed by atoms with van der Waals surface area (Å²) in [4.78, 5) is 23.3. The first-order valence-electron chi connectivity index (χ1n) is 19.3. The minimum atomic E-state index is -0.722. The first-order valence-corrected chi connectivity index (χ1v) is 19.3. The van der Waals surface area contributed by atoms with Crippen molar-refractivity contribution in [2.75, 3.05) is 0 Å². The van der Waals surface area contributed by atoms with Crippen molar-refractivity contribution in [3.63, 3.8) is 0 Å². The van der Waals surface area contributed by atoms with Crippen LogP contribution in [-0.2, 0) is 14.3 Å². The lowest BCUT2D eigenvalue weighted by Crippen LogP contribution is -2.54. The number of carboxylic acid groups (broad SMARTS) is 1. The van der Waals surface area contributed by atoms with E-state index in [0.717, 1.165) is 86.4 Å². The fraction of sp³-hybridized carbons (Fsp3) is 0.854. The number of ether oxygens (including phenoxy) is 1. The summed E-state index contributed by atoms with van der Waals surface area (Å²) in [7, 11) is 0. The Kier molecular flexibility index (Phi) is 13.7. The molecule has 0 amide bonds. The van der Waals surface area contributed by atoms with Crippen molar-refractivity contribution in [2.24, 2.45) is 52.3 Å². The molecule has 0 aliphatic heterocycles. The van der Waals surface area contributed by atoms with Crippen LogP contribution >= 0.6 is 0 Å². The zero-order chi connectivity index (χ0) is 32.5. The Hall–Kier alpha value is -1.58. The molecule has 4 rings (SSSR count). The summed E-state index contributed by atoms with van der Waals surface area (Å²) in [6.07, 6.45) is 30.9. The van der Waals surface area contributed by atoms with Crippen molar-refractivity contribution < 1.29 is 19.4 Å². The largest absolute Gasteiger partial charge is 0.481 e. The third-order valence-electron chi connectivity index (χ3n) is 13.5. The Bertz CT molecular complexity index is 997. The maximum absolute atomic E-state index is 12.7. The predicted molar refractivity (Wildman–Crippen MR) is 186 cm³/mol. The van der Waals surface area contributed by atoms with Crippen molar-refractivity contribution in [2.45, 2.75) is 169 Å². The van der Waals surface area contributed by atoms with E-state index in [9.17, 15) is 9.59 Å². The van der Waals surface area contributed by atoms with E-state index < -0.39 is 5.97 Å². The molecule has 0 aromatic carbocycles. The van der Waals surface area contributed by atoms with Gasteiger partial charge in [-0.25, -0.2) is 0 Å². The molecule has 4 fully saturated rings. The van der Waals surface area contributed by atoms with Gasteiger partial charge in [0.25, 0.3) is 0 Å². The second kappa shape index (κ2) is 17.0. The SMILES string of the molecule is CC(C)CCC[C@@H](C)[C@H]1CC[C@H]2[C@@H]3CC[C@H]4C[C@@H](OC(=O)CCC/C=C\CC/C=C\CCCC(=O)O)CC[C@]4(C)[C@H]3CC[C@]12C. The molecule has 0 spiro atoms. The maximum Gasteiger partial charge on any atom is 0.306 e. The van der Waals surface area contributed by atoms with Gasteiger partial charge in [-0.1, -0.05) is 78.2 Å². The third-order valence-corrected chi connectivity index (χ3v) is 13.5. The van der Waals surface area contributed by atoms with Crippen LogP contribution in [0.2, 0.25) is 0 Å². The number of hydrogen-bond donors (Lipinski definition) is 1. The van der Waals surface area contributed by atoms with Gasteiger partial charge in [0.1, 0.15) is 6.10 Å². The van der Waals surface area contributed by atoms with Gasteiger partial charge in [0.2, 0.25) is 0 Å². The molecule has 4 aliphatic carbocycles. The summed E-state index contributed by atoms with van der Waals surface area (Å²) >= 11 is 0. The first-order chi connectivity index (χ1) is 21.5. The van der Waals surface area contributed by atoms with Crippen molar-refractivity contribution in [1.29, 1.82) is 0 Å². The third kappa shape index (κ3) is 9.50. The minimum Gasteiger partial charge on any atom is -0.481 e. The first kappa shape index (κ1) is 36.3. The van der Waals surface area contributed by atoms with Crippen molar-refractivity contribution in [3.8, 4) is 0 Å². The Labute approximate surface area is 276 Å². The van der Waals surface area contributed by atoms with E-state index in [2.05, 4.69) is 58.9 Å². The molecule has 9 atom stereocenters. The van der Waals surface area contributed by atoms with E-state index >= 15 is 0 Å². The van der Waals surface area contributed by atoms with Crippen LogP contribution in [0.4, 0.5) is 0 Å². The highest BCUT2D eigenvalue weighted by atomic mass is 16.5. The number of allylic oxidation sites excluding steroid dienone is 4. The highest BCUT2D eigenvalue weighted by Gasteiger charge is 2.60. The van der Waals surface area contributed by atoms with Gasteiger partial charge in [-0.05, 0) is 149 Å². The molecule has 256 valence electrons. The van der Waals surface area contributed by atoms with Crippen LogP contribution in [0, 0.1) is 52.3 Å². The highest BCUT2D eigenvalue weighted by molar-refractivity contribution is 5.69. The second-order valence-corrected chi connectivity index (χ2v) is 16.8. The number of carbonyl (C=O) groups excluding carboxylic acids is 1. The van der Waals surface area contributed by atoms with Crippen molar-refractivity contribution in [3.05, 3.63) is 24.3 Å². The van der Waals surface area contributed by atoms with Gasteiger partial charge in [0.15, 0.2) is 0 Å². The van der Waals surface area contributed by atoms with Gasteiger partial charge >= 0.3 is 11.9 Å². The number of fused-ring (bicyclic) bond motifs is 5. The van der Waals surface area contributed by atoms with Crippen LogP contribution in [0.1, 0.15) is 163 Å². The standard InChI is InChI=1S/C41H68O4/c1-30(2)17-16-18-31(3)35-23-24-36-34-22-21-32-29-33(25-27-40(32,4)37(34)26-28-41(35,36)5)45-39(44)20-15-13-11-9-7-6-8-10-12-14-19-38(42)43/h8-11,30-37H,6-7,12-29H2,1-5H3,(H,42,43)/b10-8-,11-9-/t31-,32+,33+,34+,35-,36+,37+,40+,41-/m1/s1. The molecule has 0 saturated heterocycles. The zero-order valence-electron chi connectivity index (χ0n) is 29.7. The average molecular weight is 625 g/mol. The molecule has 1 N–H and O–H groups in total. The number of rotatable bonds is 17. The Balaban J connectivity index is 1.16. The van der Waals surface area contributed by atoms with Gasteiger partial charge in [-0.15, -0.1) is 0 Å². The summed E-state index contributed by atoms with van der Waals surface area (Å²) < 4.78 is 6.09. The molecule has 0 heterocycles. The number of unbranched alkanes of at least 4 members (excludes halogenated alkanes) is 3. The summed E-state index contributed by atoms with van der Waals surface area (Å²) in [5, 5.41) is 8.67. The van der Waals surface area contributed by atoms with Gasteiger partial charge < -0.3 is 9.84 Å². The van der Waals surface area contributed by atoms with Crippen LogP contribution in [0.15, 0.2) is 24.3 Å². The molecule has 4 saturated carbocycles. The fourth-order valence-corrected chi connectivity index (χ4v) is 11.0. The van der Waals surface area contributed by atoms with Gasteiger partial charge in [0.05, 0.1) is 0 Å². The molecule has 0 unspecified atom stereocenters. The van der Waals surface area contributed by atoms with Crippen molar-refractivity contribution in [1.82, 2.24) is 0 Å². The molecule has 0 radical (unpaired) electrons. The van der Waals surface area contributed by atoms with E-state index in [-0.39, 0.29) is 18.5 Å². The lowest BCUT2D eigenvalue weighted by molar-refractivity contribution is -0.162. The highest BCUT2D eigenvalue weighted by Crippen LogP contribution is 2.68. The van der Waals surface area contributed by atoms with Crippen LogP contribution in [0.3, 0.4) is 0 Å². The molecule has 0 bridgehead atoms. The van der Waals surface area contributed by atoms with Gasteiger partial charge in [0, 0.05) is 12.8 Å². The molecule has 0 aromatic heterocycles. The van der Waals surface area contributed by atoms with E-state index in [1.54, 1.807) is 0 Å². The summed E-state index contributed by atoms with van der Waals surface area (Å²) in [6.45, 7) is 12.7. The predicted octanol–water partition coefficient (Wildman–Crippen LogP) is 11.3. The number of esters is 1. The quantitative estimate of drug-likeness (QED) is 0.0993. The van der Waals surface area contributed by atoms with E-state index in [1.807, 2.05) is 0 Å². The lowest BCUT2D eigenvalue weighted by atomic mass is 9.44. The monoisotopic (exact) mass is 625 g/mol. The number of carbonyl (C=O) groups is 2.